The van der Waals surface area contributed by atoms with Gasteiger partial charge in [0, 0.05) is 24.8 Å². The van der Waals surface area contributed by atoms with E-state index in [2.05, 4.69) is 9.47 Å². The lowest BCUT2D eigenvalue weighted by Gasteiger charge is -2.48. The number of nitro benzene ring substituents is 1. The summed E-state index contributed by atoms with van der Waals surface area (Å²) < 4.78 is 30.0. The number of nitrogens with zero attached hydrogens (tertiary/aromatic N) is 1. The Hall–Kier alpha value is -3.00. The van der Waals surface area contributed by atoms with Crippen LogP contribution in [-0.4, -0.2) is 79.8 Å². The Balaban J connectivity index is 2.52. The summed E-state index contributed by atoms with van der Waals surface area (Å²) >= 11 is 0. The third kappa shape index (κ3) is 4.43. The van der Waals surface area contributed by atoms with Gasteiger partial charge in [-0.15, -0.1) is 0 Å². The van der Waals surface area contributed by atoms with Crippen LogP contribution in [-0.2, 0) is 34.2 Å². The Labute approximate surface area is 170 Å². The minimum absolute atomic E-state index is 0.108. The van der Waals surface area contributed by atoms with Gasteiger partial charge in [0.1, 0.15) is 6.10 Å². The number of ether oxygens (including phenoxy) is 6. The number of aliphatic hydroxyl groups is 2. The number of rotatable bonds is 6. The van der Waals surface area contributed by atoms with E-state index in [1.165, 1.54) is 12.1 Å². The van der Waals surface area contributed by atoms with Crippen LogP contribution in [0.5, 0.6) is 0 Å². The average Bonchev–Trinajstić information content (AvgIpc) is 2.76. The molecule has 0 bridgehead atoms. The van der Waals surface area contributed by atoms with Crippen LogP contribution in [0.4, 0.5) is 15.3 Å². The van der Waals surface area contributed by atoms with Gasteiger partial charge in [-0.2, -0.15) is 0 Å². The molecule has 166 valence electrons. The number of non-ortho nitro benzene ring substituents is 1. The standard InChI is InChI=1S/C17H21NO12/c1-25-15(21)28-12-11(8-19)30-17(27-3,14(20)13(12)29-16(22)26-2)9-4-6-10(7-5-9)18(23)24/h4-7,11-14,19-20H,8H2,1-3H3/t11-,12+,13+,14-,17-/m1/s1. The highest BCUT2D eigenvalue weighted by Crippen LogP contribution is 2.41. The fourth-order valence-corrected chi connectivity index (χ4v) is 3.04. The van der Waals surface area contributed by atoms with E-state index in [1.807, 2.05) is 0 Å². The zero-order valence-electron chi connectivity index (χ0n) is 16.3. The highest BCUT2D eigenvalue weighted by atomic mass is 16.8. The molecule has 2 N–H and O–H groups in total. The second-order valence-corrected chi connectivity index (χ2v) is 6.03. The predicted octanol–water partition coefficient (Wildman–Crippen LogP) is 0.449. The molecule has 1 aliphatic heterocycles. The maximum absolute atomic E-state index is 11.7. The van der Waals surface area contributed by atoms with Gasteiger partial charge in [-0.1, -0.05) is 0 Å². The van der Waals surface area contributed by atoms with Crippen molar-refractivity contribution in [3.63, 3.8) is 0 Å². The summed E-state index contributed by atoms with van der Waals surface area (Å²) in [6.45, 7) is -0.743. The number of aliphatic hydroxyl groups excluding tert-OH is 2. The van der Waals surface area contributed by atoms with E-state index in [-0.39, 0.29) is 11.3 Å². The Morgan fingerprint density at radius 1 is 1.10 bits per heavy atom. The first-order valence-corrected chi connectivity index (χ1v) is 8.50. The van der Waals surface area contributed by atoms with Crippen molar-refractivity contribution in [2.45, 2.75) is 30.2 Å². The molecule has 0 spiro atoms. The van der Waals surface area contributed by atoms with Gasteiger partial charge < -0.3 is 38.6 Å². The van der Waals surface area contributed by atoms with Crippen molar-refractivity contribution in [3.05, 3.63) is 39.9 Å². The van der Waals surface area contributed by atoms with Gasteiger partial charge in [-0.3, -0.25) is 10.1 Å². The summed E-state index contributed by atoms with van der Waals surface area (Å²) in [6, 6.07) is 4.81. The molecule has 13 nitrogen and oxygen atoms in total. The minimum atomic E-state index is -2.04. The van der Waals surface area contributed by atoms with Crippen molar-refractivity contribution >= 4 is 18.0 Å². The van der Waals surface area contributed by atoms with Gasteiger partial charge in [0.05, 0.1) is 25.7 Å². The normalized spacial score (nSPS) is 28.3. The lowest BCUT2D eigenvalue weighted by Crippen LogP contribution is -2.66. The minimum Gasteiger partial charge on any atom is -0.438 e. The van der Waals surface area contributed by atoms with Crippen LogP contribution < -0.4 is 0 Å². The monoisotopic (exact) mass is 431 g/mol. The van der Waals surface area contributed by atoms with Crippen molar-refractivity contribution < 1.29 is 53.1 Å². The van der Waals surface area contributed by atoms with Gasteiger partial charge in [0.2, 0.25) is 5.79 Å². The lowest BCUT2D eigenvalue weighted by molar-refractivity contribution is -0.385. The molecule has 0 aromatic heterocycles. The van der Waals surface area contributed by atoms with E-state index >= 15 is 0 Å². The first kappa shape index (κ1) is 23.3. The van der Waals surface area contributed by atoms with E-state index in [4.69, 9.17) is 18.9 Å². The van der Waals surface area contributed by atoms with Crippen molar-refractivity contribution in [3.8, 4) is 0 Å². The largest absolute Gasteiger partial charge is 0.508 e. The van der Waals surface area contributed by atoms with Crippen LogP contribution in [0.2, 0.25) is 0 Å². The van der Waals surface area contributed by atoms with Gasteiger partial charge in [-0.05, 0) is 12.1 Å². The SMILES string of the molecule is COC(=O)O[C@@H]1[C@H](OC(=O)OC)[C@@H](O)[C@@](OC)(c2ccc([N+](=O)[O-])cc2)O[C@@H]1CO. The molecule has 5 atom stereocenters. The molecular formula is C17H21NO12. The van der Waals surface area contributed by atoms with E-state index < -0.39 is 54.0 Å². The van der Waals surface area contributed by atoms with E-state index in [9.17, 15) is 29.9 Å². The van der Waals surface area contributed by atoms with Gasteiger partial charge >= 0.3 is 12.3 Å². The maximum Gasteiger partial charge on any atom is 0.508 e. The second kappa shape index (κ2) is 9.67. The molecule has 1 heterocycles. The summed E-state index contributed by atoms with van der Waals surface area (Å²) in [6.07, 6.45) is -8.70. The number of carbonyl (C=O) groups is 2. The molecule has 1 saturated heterocycles. The van der Waals surface area contributed by atoms with Crippen LogP contribution in [0, 0.1) is 10.1 Å². The molecule has 0 aliphatic carbocycles. The van der Waals surface area contributed by atoms with Gasteiger partial charge in [0.15, 0.2) is 18.3 Å². The maximum atomic E-state index is 11.7. The van der Waals surface area contributed by atoms with Crippen LogP contribution in [0.25, 0.3) is 0 Å². The van der Waals surface area contributed by atoms with E-state index in [0.717, 1.165) is 33.5 Å². The highest BCUT2D eigenvalue weighted by molar-refractivity contribution is 5.61. The summed E-state index contributed by atoms with van der Waals surface area (Å²) in [5.41, 5.74) is -0.125. The molecule has 30 heavy (non-hydrogen) atoms. The zero-order valence-corrected chi connectivity index (χ0v) is 16.3. The van der Waals surface area contributed by atoms with E-state index in [1.54, 1.807) is 0 Å². The number of carbonyl (C=O) groups excluding carboxylic acids is 2. The highest BCUT2D eigenvalue weighted by Gasteiger charge is 2.59. The van der Waals surface area contributed by atoms with Crippen LogP contribution >= 0.6 is 0 Å². The van der Waals surface area contributed by atoms with Crippen molar-refractivity contribution in [2.24, 2.45) is 0 Å². The molecule has 0 unspecified atom stereocenters. The summed E-state index contributed by atoms with van der Waals surface area (Å²) in [5, 5.41) is 31.7. The van der Waals surface area contributed by atoms with Gasteiger partial charge in [-0.25, -0.2) is 9.59 Å². The first-order valence-electron chi connectivity index (χ1n) is 8.50. The first-order chi connectivity index (χ1) is 14.2. The molecule has 0 amide bonds. The molecular weight excluding hydrogens is 410 g/mol. The average molecular weight is 431 g/mol. The number of methoxy groups -OCH3 is 3. The van der Waals surface area contributed by atoms with Crippen molar-refractivity contribution in [2.75, 3.05) is 27.9 Å². The number of nitro groups is 1. The molecule has 0 radical (unpaired) electrons. The van der Waals surface area contributed by atoms with Crippen molar-refractivity contribution in [1.29, 1.82) is 0 Å². The molecule has 0 saturated carbocycles. The van der Waals surface area contributed by atoms with E-state index in [0.29, 0.717) is 0 Å². The quantitative estimate of drug-likeness (QED) is 0.362. The summed E-state index contributed by atoms with van der Waals surface area (Å²) in [4.78, 5) is 33.6. The molecule has 2 rings (SSSR count). The zero-order chi connectivity index (χ0) is 22.5. The Morgan fingerprint density at radius 2 is 1.63 bits per heavy atom. The van der Waals surface area contributed by atoms with Crippen LogP contribution in [0.1, 0.15) is 5.56 Å². The third-order valence-corrected chi connectivity index (χ3v) is 4.48. The Morgan fingerprint density at radius 3 is 2.07 bits per heavy atom. The molecule has 1 aromatic carbocycles. The van der Waals surface area contributed by atoms with Crippen LogP contribution in [0.15, 0.2) is 24.3 Å². The molecule has 13 heteroatoms. The summed E-state index contributed by atoms with van der Waals surface area (Å²) in [5.74, 6) is -2.04. The van der Waals surface area contributed by atoms with Crippen molar-refractivity contribution in [1.82, 2.24) is 0 Å². The molecule has 1 aromatic rings. The van der Waals surface area contributed by atoms with Crippen LogP contribution in [0.3, 0.4) is 0 Å². The fourth-order valence-electron chi connectivity index (χ4n) is 3.04. The topological polar surface area (TPSA) is 173 Å². The predicted molar refractivity (Wildman–Crippen MR) is 94.3 cm³/mol. The molecule has 1 fully saturated rings. The second-order valence-electron chi connectivity index (χ2n) is 6.03. The number of hydrogen-bond donors (Lipinski definition) is 2. The number of hydrogen-bond acceptors (Lipinski definition) is 12. The lowest BCUT2D eigenvalue weighted by atomic mass is 9.87. The Bertz CT molecular complexity index is 769. The Kier molecular flexibility index (Phi) is 7.50. The number of benzene rings is 1. The van der Waals surface area contributed by atoms with Gasteiger partial charge in [0.25, 0.3) is 5.69 Å². The summed E-state index contributed by atoms with van der Waals surface area (Å²) in [7, 11) is 3.21. The third-order valence-electron chi connectivity index (χ3n) is 4.48. The smallest absolute Gasteiger partial charge is 0.438 e. The molecule has 1 aliphatic rings. The fraction of sp³-hybridized carbons (Fsp3) is 0.529.